The third kappa shape index (κ3) is 5.86. The SMILES string of the molecule is CC(C)CCC[C@@H](C)NC(=O)CC[C@@H]1NC(=O)c2ccccc2NC1=O. The van der Waals surface area contributed by atoms with Crippen molar-refractivity contribution in [3.05, 3.63) is 29.8 Å². The number of nitrogens with one attached hydrogen (secondary N) is 3. The molecule has 0 spiro atoms. The zero-order chi connectivity index (χ0) is 19.1. The van der Waals surface area contributed by atoms with Crippen LogP contribution in [0.2, 0.25) is 0 Å². The Balaban J connectivity index is 1.81. The molecule has 1 aliphatic heterocycles. The first-order valence-corrected chi connectivity index (χ1v) is 9.37. The van der Waals surface area contributed by atoms with Crippen LogP contribution in [0.3, 0.4) is 0 Å². The Kier molecular flexibility index (Phi) is 7.18. The summed E-state index contributed by atoms with van der Waals surface area (Å²) in [5.41, 5.74) is 0.937. The fraction of sp³-hybridized carbons (Fsp3) is 0.550. The molecule has 1 aliphatic rings. The number of amides is 3. The van der Waals surface area contributed by atoms with Crippen LogP contribution >= 0.6 is 0 Å². The quantitative estimate of drug-likeness (QED) is 0.667. The Hall–Kier alpha value is -2.37. The standard InChI is InChI=1S/C20H29N3O3/c1-13(2)7-6-8-14(3)21-18(24)12-11-17-20(26)22-16-10-5-4-9-15(16)19(25)23-17/h4-5,9-10,13-14,17H,6-8,11-12H2,1-3H3,(H,21,24)(H,22,26)(H,23,25)/t14-,17+/m1/s1. The van der Waals surface area contributed by atoms with Gasteiger partial charge in [0, 0.05) is 12.5 Å². The lowest BCUT2D eigenvalue weighted by molar-refractivity contribution is -0.122. The van der Waals surface area contributed by atoms with Gasteiger partial charge in [0.15, 0.2) is 0 Å². The molecule has 0 bridgehead atoms. The fourth-order valence-corrected chi connectivity index (χ4v) is 3.04. The molecule has 142 valence electrons. The molecule has 6 nitrogen and oxygen atoms in total. The smallest absolute Gasteiger partial charge is 0.254 e. The molecule has 0 saturated carbocycles. The van der Waals surface area contributed by atoms with Gasteiger partial charge in [-0.3, -0.25) is 14.4 Å². The summed E-state index contributed by atoms with van der Waals surface area (Å²) < 4.78 is 0. The summed E-state index contributed by atoms with van der Waals surface area (Å²) in [6, 6.07) is 6.28. The van der Waals surface area contributed by atoms with Crippen molar-refractivity contribution in [3.8, 4) is 0 Å². The number of rotatable bonds is 8. The Morgan fingerprint density at radius 1 is 1.15 bits per heavy atom. The van der Waals surface area contributed by atoms with E-state index in [0.29, 0.717) is 17.2 Å². The monoisotopic (exact) mass is 359 g/mol. The van der Waals surface area contributed by atoms with Gasteiger partial charge in [0.1, 0.15) is 6.04 Å². The second kappa shape index (κ2) is 9.36. The molecule has 2 atom stereocenters. The summed E-state index contributed by atoms with van der Waals surface area (Å²) in [6.45, 7) is 6.37. The van der Waals surface area contributed by atoms with Gasteiger partial charge in [-0.15, -0.1) is 0 Å². The number of benzene rings is 1. The highest BCUT2D eigenvalue weighted by Gasteiger charge is 2.27. The van der Waals surface area contributed by atoms with Crippen LogP contribution in [0, 0.1) is 5.92 Å². The normalized spacial score (nSPS) is 17.8. The molecule has 0 aliphatic carbocycles. The lowest BCUT2D eigenvalue weighted by atomic mass is 10.0. The molecule has 26 heavy (non-hydrogen) atoms. The number of fused-ring (bicyclic) bond motifs is 1. The van der Waals surface area contributed by atoms with Crippen molar-refractivity contribution >= 4 is 23.4 Å². The van der Waals surface area contributed by atoms with Gasteiger partial charge in [-0.25, -0.2) is 0 Å². The van der Waals surface area contributed by atoms with Gasteiger partial charge in [0.2, 0.25) is 11.8 Å². The highest BCUT2D eigenvalue weighted by atomic mass is 16.2. The van der Waals surface area contributed by atoms with Crippen LogP contribution in [-0.4, -0.2) is 29.8 Å². The van der Waals surface area contributed by atoms with Crippen LogP contribution in [-0.2, 0) is 9.59 Å². The van der Waals surface area contributed by atoms with Crippen LogP contribution in [0.4, 0.5) is 5.69 Å². The van der Waals surface area contributed by atoms with E-state index in [1.165, 1.54) is 0 Å². The van der Waals surface area contributed by atoms with Gasteiger partial charge in [0.25, 0.3) is 5.91 Å². The van der Waals surface area contributed by atoms with E-state index in [1.807, 2.05) is 6.92 Å². The maximum Gasteiger partial charge on any atom is 0.254 e. The Bertz CT molecular complexity index is 657. The second-order valence-corrected chi connectivity index (χ2v) is 7.39. The summed E-state index contributed by atoms with van der Waals surface area (Å²) >= 11 is 0. The first-order valence-electron chi connectivity index (χ1n) is 9.37. The molecule has 1 aromatic carbocycles. The topological polar surface area (TPSA) is 87.3 Å². The summed E-state index contributed by atoms with van der Waals surface area (Å²) in [4.78, 5) is 36.7. The number of hydrogen-bond donors (Lipinski definition) is 3. The minimum absolute atomic E-state index is 0.0918. The molecule has 1 heterocycles. The molecule has 0 unspecified atom stereocenters. The van der Waals surface area contributed by atoms with E-state index >= 15 is 0 Å². The number of anilines is 1. The molecule has 0 aromatic heterocycles. The van der Waals surface area contributed by atoms with Crippen LogP contribution in [0.25, 0.3) is 0 Å². The molecular formula is C20H29N3O3. The van der Waals surface area contributed by atoms with Gasteiger partial charge in [0.05, 0.1) is 11.3 Å². The number of carbonyl (C=O) groups excluding carboxylic acids is 3. The third-order valence-electron chi connectivity index (χ3n) is 4.54. The van der Waals surface area contributed by atoms with Crippen molar-refractivity contribution in [2.75, 3.05) is 5.32 Å². The van der Waals surface area contributed by atoms with E-state index in [-0.39, 0.29) is 36.6 Å². The first-order chi connectivity index (χ1) is 12.4. The lowest BCUT2D eigenvalue weighted by Gasteiger charge is -2.17. The van der Waals surface area contributed by atoms with Crippen molar-refractivity contribution in [2.45, 2.75) is 65.0 Å². The predicted octanol–water partition coefficient (Wildman–Crippen LogP) is 2.85. The maximum atomic E-state index is 12.3. The van der Waals surface area contributed by atoms with Crippen LogP contribution in [0.5, 0.6) is 0 Å². The van der Waals surface area contributed by atoms with E-state index in [4.69, 9.17) is 0 Å². The van der Waals surface area contributed by atoms with Gasteiger partial charge in [-0.1, -0.05) is 38.8 Å². The van der Waals surface area contributed by atoms with Gasteiger partial charge < -0.3 is 16.0 Å². The molecule has 3 N–H and O–H groups in total. The summed E-state index contributed by atoms with van der Waals surface area (Å²) in [5, 5.41) is 8.43. The summed E-state index contributed by atoms with van der Waals surface area (Å²) in [7, 11) is 0. The zero-order valence-electron chi connectivity index (χ0n) is 15.8. The third-order valence-corrected chi connectivity index (χ3v) is 4.54. The zero-order valence-corrected chi connectivity index (χ0v) is 15.8. The molecule has 2 rings (SSSR count). The van der Waals surface area contributed by atoms with E-state index in [1.54, 1.807) is 24.3 Å². The molecule has 0 radical (unpaired) electrons. The number of para-hydroxylation sites is 1. The van der Waals surface area contributed by atoms with Crippen molar-refractivity contribution in [1.82, 2.24) is 10.6 Å². The van der Waals surface area contributed by atoms with Crippen molar-refractivity contribution in [1.29, 1.82) is 0 Å². The molecule has 0 saturated heterocycles. The molecule has 3 amide bonds. The minimum Gasteiger partial charge on any atom is -0.354 e. The van der Waals surface area contributed by atoms with Crippen molar-refractivity contribution in [3.63, 3.8) is 0 Å². The van der Waals surface area contributed by atoms with Crippen LogP contribution in [0.1, 0.15) is 63.2 Å². The summed E-state index contributed by atoms with van der Waals surface area (Å²) in [6.07, 6.45) is 3.65. The first kappa shape index (κ1) is 19.9. The van der Waals surface area contributed by atoms with Gasteiger partial charge >= 0.3 is 0 Å². The Labute approximate surface area is 155 Å². The second-order valence-electron chi connectivity index (χ2n) is 7.39. The van der Waals surface area contributed by atoms with E-state index in [9.17, 15) is 14.4 Å². The number of carbonyl (C=O) groups is 3. The van der Waals surface area contributed by atoms with E-state index in [2.05, 4.69) is 29.8 Å². The lowest BCUT2D eigenvalue weighted by Crippen LogP contribution is -2.42. The van der Waals surface area contributed by atoms with Crippen molar-refractivity contribution in [2.24, 2.45) is 5.92 Å². The van der Waals surface area contributed by atoms with Crippen LogP contribution < -0.4 is 16.0 Å². The maximum absolute atomic E-state index is 12.3. The predicted molar refractivity (Wildman–Crippen MR) is 102 cm³/mol. The number of hydrogen-bond acceptors (Lipinski definition) is 3. The van der Waals surface area contributed by atoms with E-state index in [0.717, 1.165) is 19.3 Å². The van der Waals surface area contributed by atoms with E-state index < -0.39 is 6.04 Å². The average Bonchev–Trinajstić information content (AvgIpc) is 2.69. The highest BCUT2D eigenvalue weighted by Crippen LogP contribution is 2.19. The van der Waals surface area contributed by atoms with Gasteiger partial charge in [-0.05, 0) is 37.8 Å². The van der Waals surface area contributed by atoms with Crippen molar-refractivity contribution < 1.29 is 14.4 Å². The molecular weight excluding hydrogens is 330 g/mol. The summed E-state index contributed by atoms with van der Waals surface area (Å²) in [5.74, 6) is -0.0160. The molecule has 6 heteroatoms. The van der Waals surface area contributed by atoms with Crippen LogP contribution in [0.15, 0.2) is 24.3 Å². The fourth-order valence-electron chi connectivity index (χ4n) is 3.04. The minimum atomic E-state index is -0.711. The highest BCUT2D eigenvalue weighted by molar-refractivity contribution is 6.09. The average molecular weight is 359 g/mol. The molecule has 1 aromatic rings. The molecule has 0 fully saturated rings. The Morgan fingerprint density at radius 3 is 2.62 bits per heavy atom. The largest absolute Gasteiger partial charge is 0.354 e. The Morgan fingerprint density at radius 2 is 1.88 bits per heavy atom. The van der Waals surface area contributed by atoms with Gasteiger partial charge in [-0.2, -0.15) is 0 Å².